The molecule has 4 nitrogen and oxygen atoms in total. The predicted octanol–water partition coefficient (Wildman–Crippen LogP) is 2.40. The van der Waals surface area contributed by atoms with Crippen molar-refractivity contribution in [2.24, 2.45) is 5.41 Å². The minimum Gasteiger partial charge on any atom is -0.491 e. The van der Waals surface area contributed by atoms with Crippen LogP contribution in [0.3, 0.4) is 0 Å². The first-order valence-electron chi connectivity index (χ1n) is 5.95. The van der Waals surface area contributed by atoms with Crippen LogP contribution in [0.25, 0.3) is 0 Å². The highest BCUT2D eigenvalue weighted by molar-refractivity contribution is 5.73. The Morgan fingerprint density at radius 2 is 1.94 bits per heavy atom. The second-order valence-corrected chi connectivity index (χ2v) is 5.26. The van der Waals surface area contributed by atoms with Crippen molar-refractivity contribution in [2.45, 2.75) is 27.2 Å². The molecule has 0 aliphatic heterocycles. The molecule has 0 bridgehead atoms. The van der Waals surface area contributed by atoms with Gasteiger partial charge in [-0.05, 0) is 17.5 Å². The zero-order valence-electron chi connectivity index (χ0n) is 11.1. The van der Waals surface area contributed by atoms with Crippen LogP contribution in [-0.4, -0.2) is 24.3 Å². The Labute approximate surface area is 108 Å². The van der Waals surface area contributed by atoms with Gasteiger partial charge in [0.05, 0.1) is 13.0 Å². The molecule has 0 spiro atoms. The molecule has 1 aromatic rings. The van der Waals surface area contributed by atoms with Crippen molar-refractivity contribution in [3.8, 4) is 11.5 Å². The average Bonchev–Trinajstić information content (AvgIpc) is 2.24. The molecule has 0 fully saturated rings. The molecule has 1 rings (SSSR count). The summed E-state index contributed by atoms with van der Waals surface area (Å²) in [6.07, 6.45) is 0.356. The first kappa shape index (κ1) is 14.5. The van der Waals surface area contributed by atoms with Gasteiger partial charge in [-0.2, -0.15) is 0 Å². The molecule has 4 heteroatoms. The van der Waals surface area contributed by atoms with E-state index in [-0.39, 0.29) is 24.6 Å². The molecule has 0 aliphatic rings. The van der Waals surface area contributed by atoms with E-state index < -0.39 is 0 Å². The molecular weight excluding hydrogens is 232 g/mol. The average molecular weight is 252 g/mol. The van der Waals surface area contributed by atoms with Gasteiger partial charge in [-0.1, -0.05) is 26.8 Å². The Morgan fingerprint density at radius 3 is 2.56 bits per heavy atom. The molecule has 0 aromatic heterocycles. The summed E-state index contributed by atoms with van der Waals surface area (Å²) >= 11 is 0. The highest BCUT2D eigenvalue weighted by Crippen LogP contribution is 2.23. The lowest BCUT2D eigenvalue weighted by molar-refractivity contribution is -0.136. The summed E-state index contributed by atoms with van der Waals surface area (Å²) in [5.74, 6) is 0.770. The molecule has 0 unspecified atom stereocenters. The maximum atomic E-state index is 11.7. The van der Waals surface area contributed by atoms with Crippen molar-refractivity contribution in [3.63, 3.8) is 0 Å². The van der Waals surface area contributed by atoms with Crippen LogP contribution in [-0.2, 0) is 4.79 Å². The maximum Gasteiger partial charge on any atom is 0.311 e. The summed E-state index contributed by atoms with van der Waals surface area (Å²) in [4.78, 5) is 11.7. The maximum absolute atomic E-state index is 11.7. The van der Waals surface area contributed by atoms with Crippen LogP contribution in [0.2, 0.25) is 0 Å². The first-order valence-corrected chi connectivity index (χ1v) is 5.95. The molecule has 0 heterocycles. The molecule has 1 aromatic carbocycles. The van der Waals surface area contributed by atoms with Crippen LogP contribution < -0.4 is 9.47 Å². The number of ether oxygens (including phenoxy) is 2. The largest absolute Gasteiger partial charge is 0.491 e. The van der Waals surface area contributed by atoms with Crippen LogP contribution in [0.4, 0.5) is 0 Å². The normalized spacial score (nSPS) is 11.1. The Morgan fingerprint density at radius 1 is 1.28 bits per heavy atom. The summed E-state index contributed by atoms with van der Waals surface area (Å²) in [5, 5.41) is 8.66. The first-order chi connectivity index (χ1) is 8.40. The van der Waals surface area contributed by atoms with E-state index in [0.29, 0.717) is 17.9 Å². The Kier molecular flexibility index (Phi) is 5.16. The molecule has 0 saturated heterocycles. The standard InChI is InChI=1S/C14H20O4/c1-14(2,3)10-13(16)18-12-6-4-5-11(9-12)17-8-7-15/h4-6,9,15H,7-8,10H2,1-3H3. The SMILES string of the molecule is CC(C)(C)CC(=O)Oc1cccc(OCCO)c1. The zero-order chi connectivity index (χ0) is 13.6. The third-order valence-corrected chi connectivity index (χ3v) is 2.07. The van der Waals surface area contributed by atoms with Crippen molar-refractivity contribution < 1.29 is 19.4 Å². The van der Waals surface area contributed by atoms with E-state index in [2.05, 4.69) is 0 Å². The van der Waals surface area contributed by atoms with Crippen molar-refractivity contribution >= 4 is 5.97 Å². The van der Waals surface area contributed by atoms with Crippen LogP contribution in [0.5, 0.6) is 11.5 Å². The summed E-state index contributed by atoms with van der Waals surface area (Å²) < 4.78 is 10.5. The van der Waals surface area contributed by atoms with Gasteiger partial charge >= 0.3 is 5.97 Å². The smallest absolute Gasteiger partial charge is 0.311 e. The molecular formula is C14H20O4. The lowest BCUT2D eigenvalue weighted by atomic mass is 9.92. The summed E-state index contributed by atoms with van der Waals surface area (Å²) in [6, 6.07) is 6.83. The molecule has 18 heavy (non-hydrogen) atoms. The summed E-state index contributed by atoms with van der Waals surface area (Å²) in [7, 11) is 0. The highest BCUT2D eigenvalue weighted by Gasteiger charge is 2.17. The predicted molar refractivity (Wildman–Crippen MR) is 68.7 cm³/mol. The van der Waals surface area contributed by atoms with E-state index in [9.17, 15) is 4.79 Å². The van der Waals surface area contributed by atoms with Gasteiger partial charge in [0.2, 0.25) is 0 Å². The number of aliphatic hydroxyl groups excluding tert-OH is 1. The molecule has 0 saturated carbocycles. The van der Waals surface area contributed by atoms with Crippen molar-refractivity contribution in [1.29, 1.82) is 0 Å². The van der Waals surface area contributed by atoms with Crippen LogP contribution in [0.1, 0.15) is 27.2 Å². The van der Waals surface area contributed by atoms with Gasteiger partial charge in [0.15, 0.2) is 0 Å². The number of carbonyl (C=O) groups excluding carboxylic acids is 1. The molecule has 0 radical (unpaired) electrons. The van der Waals surface area contributed by atoms with Gasteiger partial charge in [-0.15, -0.1) is 0 Å². The molecule has 0 atom stereocenters. The molecule has 0 aliphatic carbocycles. The van der Waals surface area contributed by atoms with Crippen LogP contribution in [0, 0.1) is 5.41 Å². The third kappa shape index (κ3) is 5.68. The highest BCUT2D eigenvalue weighted by atomic mass is 16.5. The molecule has 1 N–H and O–H groups in total. The van der Waals surface area contributed by atoms with E-state index in [1.165, 1.54) is 0 Å². The van der Waals surface area contributed by atoms with E-state index in [4.69, 9.17) is 14.6 Å². The number of benzene rings is 1. The van der Waals surface area contributed by atoms with Crippen LogP contribution in [0.15, 0.2) is 24.3 Å². The fourth-order valence-corrected chi connectivity index (χ4v) is 1.39. The Balaban J connectivity index is 2.59. The van der Waals surface area contributed by atoms with Crippen LogP contribution >= 0.6 is 0 Å². The second kappa shape index (κ2) is 6.40. The minimum atomic E-state index is -0.262. The van der Waals surface area contributed by atoms with E-state index in [1.54, 1.807) is 24.3 Å². The quantitative estimate of drug-likeness (QED) is 0.646. The number of carbonyl (C=O) groups is 1. The summed E-state index contributed by atoms with van der Waals surface area (Å²) in [5.41, 5.74) is -0.0952. The minimum absolute atomic E-state index is 0.0476. The van der Waals surface area contributed by atoms with Gasteiger partial charge in [-0.3, -0.25) is 4.79 Å². The Hall–Kier alpha value is -1.55. The van der Waals surface area contributed by atoms with E-state index in [0.717, 1.165) is 0 Å². The second-order valence-electron chi connectivity index (χ2n) is 5.26. The molecule has 0 amide bonds. The van der Waals surface area contributed by atoms with Crippen molar-refractivity contribution in [1.82, 2.24) is 0 Å². The van der Waals surface area contributed by atoms with Crippen molar-refractivity contribution in [3.05, 3.63) is 24.3 Å². The van der Waals surface area contributed by atoms with Gasteiger partial charge in [0, 0.05) is 6.07 Å². The van der Waals surface area contributed by atoms with Crippen molar-refractivity contribution in [2.75, 3.05) is 13.2 Å². The molecule has 100 valence electrons. The van der Waals surface area contributed by atoms with Gasteiger partial charge in [-0.25, -0.2) is 0 Å². The zero-order valence-corrected chi connectivity index (χ0v) is 11.1. The number of rotatable bonds is 5. The Bertz CT molecular complexity index is 393. The number of aliphatic hydroxyl groups is 1. The van der Waals surface area contributed by atoms with E-state index >= 15 is 0 Å². The number of esters is 1. The van der Waals surface area contributed by atoms with Gasteiger partial charge < -0.3 is 14.6 Å². The topological polar surface area (TPSA) is 55.8 Å². The number of hydrogen-bond acceptors (Lipinski definition) is 4. The van der Waals surface area contributed by atoms with E-state index in [1.807, 2.05) is 20.8 Å². The number of hydrogen-bond donors (Lipinski definition) is 1. The monoisotopic (exact) mass is 252 g/mol. The lowest BCUT2D eigenvalue weighted by Crippen LogP contribution is -2.17. The fourth-order valence-electron chi connectivity index (χ4n) is 1.39. The summed E-state index contributed by atoms with van der Waals surface area (Å²) in [6.45, 7) is 6.12. The van der Waals surface area contributed by atoms with Gasteiger partial charge in [0.1, 0.15) is 18.1 Å². The fraction of sp³-hybridized carbons (Fsp3) is 0.500. The lowest BCUT2D eigenvalue weighted by Gasteiger charge is -2.16. The third-order valence-electron chi connectivity index (χ3n) is 2.07. The van der Waals surface area contributed by atoms with Gasteiger partial charge in [0.25, 0.3) is 0 Å².